The van der Waals surface area contributed by atoms with Crippen LogP contribution in [0.15, 0.2) is 10.9 Å². The van der Waals surface area contributed by atoms with Gasteiger partial charge in [0.1, 0.15) is 0 Å². The third-order valence-electron chi connectivity index (χ3n) is 1.62. The number of aliphatic carboxylic acids is 1. The molecule has 0 spiro atoms. The molecule has 0 atom stereocenters. The van der Waals surface area contributed by atoms with Gasteiger partial charge in [-0.05, 0) is 0 Å². The zero-order chi connectivity index (χ0) is 10.9. The van der Waals surface area contributed by atoms with E-state index in [9.17, 15) is 4.79 Å². The molecule has 1 N–H and O–H groups in total. The Bertz CT molecular complexity index is 231. The van der Waals surface area contributed by atoms with Crippen LogP contribution in [0.1, 0.15) is 0 Å². The second kappa shape index (κ2) is 3.80. The lowest BCUT2D eigenvalue weighted by molar-refractivity contribution is -0.131. The molecule has 0 unspecified atom stereocenters. The van der Waals surface area contributed by atoms with Crippen LogP contribution in [0.25, 0.3) is 0 Å². The fourth-order valence-electron chi connectivity index (χ4n) is 1.03. The maximum Gasteiger partial charge on any atom is 0.326 e. The molecule has 0 amide bonds. The van der Waals surface area contributed by atoms with Gasteiger partial charge < -0.3 is 5.11 Å². The summed E-state index contributed by atoms with van der Waals surface area (Å²) in [4.78, 5) is 11.0. The highest BCUT2D eigenvalue weighted by Gasteiger charge is 2.27. The molecule has 2 nitrogen and oxygen atoms in total. The first-order chi connectivity index (χ1) is 5.54. The van der Waals surface area contributed by atoms with Crippen molar-refractivity contribution in [1.29, 1.82) is 0 Å². The third kappa shape index (κ3) is 5.05. The number of carboxylic acid groups (broad SMARTS) is 1. The summed E-state index contributed by atoms with van der Waals surface area (Å²) in [6, 6.07) is 0. The minimum Gasteiger partial charge on any atom is -0.478 e. The van der Waals surface area contributed by atoms with E-state index in [0.717, 1.165) is 0 Å². The minimum absolute atomic E-state index is 0.687. The second-order valence-electron chi connectivity index (χ2n) is 5.48. The van der Waals surface area contributed by atoms with Gasteiger partial charge in [0.2, 0.25) is 0 Å². The highest BCUT2D eigenvalue weighted by Crippen LogP contribution is 2.18. The topological polar surface area (TPSA) is 37.3 Å². The summed E-state index contributed by atoms with van der Waals surface area (Å²) in [6.07, 6.45) is 0. The van der Waals surface area contributed by atoms with Gasteiger partial charge in [0.15, 0.2) is 0 Å². The van der Waals surface area contributed by atoms with Crippen LogP contribution in [0.4, 0.5) is 0 Å². The molecule has 76 valence electrons. The largest absolute Gasteiger partial charge is 0.478 e. The smallest absolute Gasteiger partial charge is 0.326 e. The number of hydrogen-bond donors (Lipinski definition) is 1. The Morgan fingerprint density at radius 3 is 1.54 bits per heavy atom. The van der Waals surface area contributed by atoms with E-state index in [1.54, 1.807) is 0 Å². The van der Waals surface area contributed by atoms with Crippen LogP contribution >= 0.6 is 0 Å². The van der Waals surface area contributed by atoms with Crippen LogP contribution < -0.4 is 0 Å². The van der Waals surface area contributed by atoms with Gasteiger partial charge >= 0.3 is 5.97 Å². The van der Waals surface area contributed by atoms with Crippen molar-refractivity contribution in [2.75, 3.05) is 0 Å². The molecule has 0 rings (SSSR count). The Morgan fingerprint density at radius 2 is 1.46 bits per heavy atom. The zero-order valence-corrected chi connectivity index (χ0v) is 11.4. The quantitative estimate of drug-likeness (QED) is 0.582. The van der Waals surface area contributed by atoms with Crippen molar-refractivity contribution >= 4 is 22.1 Å². The molecule has 0 fully saturated rings. The van der Waals surface area contributed by atoms with Gasteiger partial charge in [-0.15, -0.1) is 0 Å². The van der Waals surface area contributed by atoms with Crippen molar-refractivity contribution in [1.82, 2.24) is 0 Å². The van der Waals surface area contributed by atoms with E-state index in [1.165, 1.54) is 0 Å². The Labute approximate surface area is 82.7 Å². The molecule has 0 bridgehead atoms. The summed E-state index contributed by atoms with van der Waals surface area (Å²) >= 11 is 0. The first-order valence-corrected chi connectivity index (χ1v) is 11.6. The fraction of sp³-hybridized carbons (Fsp3) is 0.667. The van der Waals surface area contributed by atoms with E-state index in [-0.39, 0.29) is 0 Å². The molecule has 4 heteroatoms. The van der Waals surface area contributed by atoms with E-state index in [4.69, 9.17) is 5.11 Å². The van der Waals surface area contributed by atoms with Gasteiger partial charge in [0.25, 0.3) is 0 Å². The SMILES string of the molecule is C[Si](C)(C)C=C(C(=O)O)[Si](C)(C)C. The Morgan fingerprint density at radius 1 is 1.08 bits per heavy atom. The first-order valence-electron chi connectivity index (χ1n) is 4.51. The maximum atomic E-state index is 11.0. The molecule has 0 saturated heterocycles. The van der Waals surface area contributed by atoms with Crippen molar-refractivity contribution in [3.63, 3.8) is 0 Å². The highest BCUT2D eigenvalue weighted by atomic mass is 28.3. The van der Waals surface area contributed by atoms with Gasteiger partial charge in [-0.2, -0.15) is 0 Å². The predicted molar refractivity (Wildman–Crippen MR) is 62.4 cm³/mol. The van der Waals surface area contributed by atoms with Gasteiger partial charge in [-0.1, -0.05) is 45.0 Å². The third-order valence-corrected chi connectivity index (χ3v) is 5.03. The minimum atomic E-state index is -1.66. The Hall–Kier alpha value is -0.356. The molecule has 0 radical (unpaired) electrons. The highest BCUT2D eigenvalue weighted by molar-refractivity contribution is 6.90. The average Bonchev–Trinajstić information content (AvgIpc) is 1.77. The predicted octanol–water partition coefficient (Wildman–Crippen LogP) is 2.75. The van der Waals surface area contributed by atoms with Crippen LogP contribution in [-0.4, -0.2) is 27.2 Å². The van der Waals surface area contributed by atoms with E-state index < -0.39 is 22.1 Å². The van der Waals surface area contributed by atoms with Crippen LogP contribution in [0, 0.1) is 0 Å². The van der Waals surface area contributed by atoms with Crippen LogP contribution in [-0.2, 0) is 4.79 Å². The Kier molecular flexibility index (Phi) is 3.69. The van der Waals surface area contributed by atoms with Crippen LogP contribution in [0.5, 0.6) is 0 Å². The lowest BCUT2D eigenvalue weighted by atomic mass is 10.6. The maximum absolute atomic E-state index is 11.0. The summed E-state index contributed by atoms with van der Waals surface area (Å²) in [5.74, 6) is -0.721. The molecule has 0 aromatic rings. The molecule has 13 heavy (non-hydrogen) atoms. The van der Waals surface area contributed by atoms with Gasteiger partial charge in [-0.25, -0.2) is 4.79 Å². The molecule has 0 heterocycles. The van der Waals surface area contributed by atoms with Crippen molar-refractivity contribution < 1.29 is 9.90 Å². The first kappa shape index (κ1) is 12.6. The number of carbonyl (C=O) groups is 1. The molecule has 0 aliphatic rings. The Balaban J connectivity index is 5.06. The number of rotatable bonds is 3. The normalized spacial score (nSPS) is 14.5. The summed E-state index contributed by atoms with van der Waals surface area (Å²) in [6.45, 7) is 12.7. The van der Waals surface area contributed by atoms with Crippen molar-refractivity contribution in [2.24, 2.45) is 0 Å². The number of carboxylic acids is 1. The van der Waals surface area contributed by atoms with Crippen LogP contribution in [0.3, 0.4) is 0 Å². The van der Waals surface area contributed by atoms with Gasteiger partial charge in [0.05, 0.1) is 16.1 Å². The molecule has 0 saturated carbocycles. The molecule has 0 aliphatic heterocycles. The molecule has 0 aromatic heterocycles. The van der Waals surface area contributed by atoms with E-state index in [2.05, 4.69) is 39.3 Å². The van der Waals surface area contributed by atoms with Gasteiger partial charge in [-0.3, -0.25) is 0 Å². The summed E-state index contributed by atoms with van der Waals surface area (Å²) in [5.41, 5.74) is 2.03. The second-order valence-corrected chi connectivity index (χ2v) is 15.5. The lowest BCUT2D eigenvalue weighted by Gasteiger charge is -2.21. The number of hydrogen-bond acceptors (Lipinski definition) is 1. The molecular formula is C9H20O2Si2. The molecular weight excluding hydrogens is 196 g/mol. The summed E-state index contributed by atoms with van der Waals surface area (Å²) in [7, 11) is -3.06. The molecule has 0 aliphatic carbocycles. The van der Waals surface area contributed by atoms with E-state index in [0.29, 0.717) is 5.20 Å². The van der Waals surface area contributed by atoms with E-state index >= 15 is 0 Å². The fourth-order valence-corrected chi connectivity index (χ4v) is 5.69. The lowest BCUT2D eigenvalue weighted by Crippen LogP contribution is -2.33. The monoisotopic (exact) mass is 216 g/mol. The molecule has 0 aromatic carbocycles. The summed E-state index contributed by atoms with van der Waals surface area (Å²) < 4.78 is 0. The van der Waals surface area contributed by atoms with E-state index in [1.807, 2.05) is 5.70 Å². The van der Waals surface area contributed by atoms with Gasteiger partial charge in [0, 0.05) is 5.20 Å². The summed E-state index contributed by atoms with van der Waals surface area (Å²) in [5, 5.41) is 9.75. The zero-order valence-electron chi connectivity index (χ0n) is 9.43. The van der Waals surface area contributed by atoms with Crippen molar-refractivity contribution in [2.45, 2.75) is 39.3 Å². The van der Waals surface area contributed by atoms with Crippen LogP contribution in [0.2, 0.25) is 39.3 Å². The van der Waals surface area contributed by atoms with Crippen molar-refractivity contribution in [3.8, 4) is 0 Å². The van der Waals surface area contributed by atoms with Crippen molar-refractivity contribution in [3.05, 3.63) is 10.9 Å². The standard InChI is InChI=1S/C9H20O2Si2/c1-12(2,3)7-8(9(10)11)13(4,5)6/h7H,1-6H3,(H,10,11). The average molecular weight is 216 g/mol.